The maximum Gasteiger partial charge on any atom is 0.128 e. The van der Waals surface area contributed by atoms with Gasteiger partial charge in [0.1, 0.15) is 16.6 Å². The predicted octanol–water partition coefficient (Wildman–Crippen LogP) is 4.29. The van der Waals surface area contributed by atoms with E-state index in [4.69, 9.17) is 11.6 Å². The predicted molar refractivity (Wildman–Crippen MR) is 84.6 cm³/mol. The number of benzene rings is 1. The molecule has 0 spiro atoms. The van der Waals surface area contributed by atoms with Gasteiger partial charge in [-0.2, -0.15) is 0 Å². The van der Waals surface area contributed by atoms with Crippen molar-refractivity contribution in [3.8, 4) is 0 Å². The van der Waals surface area contributed by atoms with E-state index < -0.39 is 0 Å². The minimum atomic E-state index is -0.240. The highest BCUT2D eigenvalue weighted by atomic mass is 35.5. The Morgan fingerprint density at radius 3 is 2.86 bits per heavy atom. The van der Waals surface area contributed by atoms with Crippen molar-refractivity contribution in [2.45, 2.75) is 32.7 Å². The maximum absolute atomic E-state index is 13.7. The Kier molecular flexibility index (Phi) is 3.95. The number of aryl methyl sites for hydroxylation is 2. The number of halogens is 2. The van der Waals surface area contributed by atoms with Crippen LogP contribution < -0.4 is 0 Å². The molecule has 2 aromatic heterocycles. The van der Waals surface area contributed by atoms with Gasteiger partial charge in [0.25, 0.3) is 0 Å². The number of imidazole rings is 1. The standard InChI is InChI=1S/C15H15ClFN3S/c1-3-10-7-18-15(21-10)8-20-13-4-9(2)11(17)5-12(13)19-14(20)6-16/h4-5,7H,3,6,8H2,1-2H3. The summed E-state index contributed by atoms with van der Waals surface area (Å²) in [6.07, 6.45) is 2.89. The lowest BCUT2D eigenvalue weighted by molar-refractivity contribution is 0.620. The molecule has 3 aromatic rings. The molecule has 0 bridgehead atoms. The molecule has 0 fully saturated rings. The smallest absolute Gasteiger partial charge is 0.128 e. The largest absolute Gasteiger partial charge is 0.320 e. The third-order valence-electron chi connectivity index (χ3n) is 3.47. The van der Waals surface area contributed by atoms with Crippen LogP contribution >= 0.6 is 22.9 Å². The first kappa shape index (κ1) is 14.5. The third-order valence-corrected chi connectivity index (χ3v) is 4.84. The van der Waals surface area contributed by atoms with Crippen LogP contribution in [0.15, 0.2) is 18.3 Å². The molecule has 0 saturated carbocycles. The third kappa shape index (κ3) is 2.68. The van der Waals surface area contributed by atoms with Crippen molar-refractivity contribution < 1.29 is 4.39 Å². The average Bonchev–Trinajstić information content (AvgIpc) is 3.05. The highest BCUT2D eigenvalue weighted by Crippen LogP contribution is 2.24. The zero-order chi connectivity index (χ0) is 15.0. The van der Waals surface area contributed by atoms with Gasteiger partial charge in [0.05, 0.1) is 23.5 Å². The van der Waals surface area contributed by atoms with Gasteiger partial charge in [-0.3, -0.25) is 0 Å². The summed E-state index contributed by atoms with van der Waals surface area (Å²) in [5.41, 5.74) is 2.15. The molecule has 0 atom stereocenters. The number of aromatic nitrogens is 3. The number of hydrogen-bond donors (Lipinski definition) is 0. The molecule has 0 saturated heterocycles. The van der Waals surface area contributed by atoms with E-state index in [1.165, 1.54) is 10.9 Å². The summed E-state index contributed by atoms with van der Waals surface area (Å²) in [6, 6.07) is 3.29. The number of hydrogen-bond acceptors (Lipinski definition) is 3. The molecule has 0 radical (unpaired) electrons. The van der Waals surface area contributed by atoms with Gasteiger partial charge in [0.2, 0.25) is 0 Å². The Bertz CT molecular complexity index is 794. The maximum atomic E-state index is 13.7. The fraction of sp³-hybridized carbons (Fsp3) is 0.333. The molecule has 3 nitrogen and oxygen atoms in total. The van der Waals surface area contributed by atoms with E-state index in [2.05, 4.69) is 16.9 Å². The van der Waals surface area contributed by atoms with Crippen LogP contribution in [0, 0.1) is 12.7 Å². The summed E-state index contributed by atoms with van der Waals surface area (Å²) in [5.74, 6) is 0.794. The molecular formula is C15H15ClFN3S. The highest BCUT2D eigenvalue weighted by Gasteiger charge is 2.14. The van der Waals surface area contributed by atoms with Gasteiger partial charge in [-0.25, -0.2) is 14.4 Å². The SMILES string of the molecule is CCc1cnc(Cn2c(CCl)nc3cc(F)c(C)cc32)s1. The molecule has 0 aliphatic rings. The van der Waals surface area contributed by atoms with Crippen molar-refractivity contribution in [1.82, 2.24) is 14.5 Å². The van der Waals surface area contributed by atoms with Gasteiger partial charge < -0.3 is 4.57 Å². The van der Waals surface area contributed by atoms with Crippen molar-refractivity contribution in [2.75, 3.05) is 0 Å². The molecule has 0 N–H and O–H groups in total. The van der Waals surface area contributed by atoms with Gasteiger partial charge in [-0.05, 0) is 25.0 Å². The fourth-order valence-corrected chi connectivity index (χ4v) is 3.35. The Morgan fingerprint density at radius 2 is 2.19 bits per heavy atom. The summed E-state index contributed by atoms with van der Waals surface area (Å²) >= 11 is 7.68. The summed E-state index contributed by atoms with van der Waals surface area (Å²) in [5, 5.41) is 1.01. The van der Waals surface area contributed by atoms with Crippen molar-refractivity contribution in [3.63, 3.8) is 0 Å². The van der Waals surface area contributed by atoms with Gasteiger partial charge in [0, 0.05) is 17.1 Å². The van der Waals surface area contributed by atoms with E-state index >= 15 is 0 Å². The quantitative estimate of drug-likeness (QED) is 0.671. The van der Waals surface area contributed by atoms with Gasteiger partial charge in [-0.15, -0.1) is 22.9 Å². The summed E-state index contributed by atoms with van der Waals surface area (Å²) < 4.78 is 15.7. The molecule has 2 heterocycles. The van der Waals surface area contributed by atoms with E-state index in [0.717, 1.165) is 22.8 Å². The van der Waals surface area contributed by atoms with Crippen molar-refractivity contribution in [3.05, 3.63) is 45.4 Å². The number of rotatable bonds is 4. The number of nitrogens with zero attached hydrogens (tertiary/aromatic N) is 3. The summed E-state index contributed by atoms with van der Waals surface area (Å²) in [7, 11) is 0. The van der Waals surface area contributed by atoms with Crippen molar-refractivity contribution in [1.29, 1.82) is 0 Å². The highest BCUT2D eigenvalue weighted by molar-refractivity contribution is 7.11. The normalized spacial score (nSPS) is 11.4. The number of alkyl halides is 1. The second-order valence-corrected chi connectivity index (χ2v) is 6.38. The van der Waals surface area contributed by atoms with E-state index in [0.29, 0.717) is 23.5 Å². The van der Waals surface area contributed by atoms with E-state index in [9.17, 15) is 4.39 Å². The Balaban J connectivity index is 2.09. The van der Waals surface area contributed by atoms with Crippen LogP contribution in [-0.2, 0) is 18.8 Å². The fourth-order valence-electron chi connectivity index (χ4n) is 2.30. The minimum Gasteiger partial charge on any atom is -0.320 e. The molecule has 1 aromatic carbocycles. The van der Waals surface area contributed by atoms with E-state index in [1.807, 2.05) is 16.8 Å². The van der Waals surface area contributed by atoms with Crippen LogP contribution in [-0.4, -0.2) is 14.5 Å². The molecule has 0 unspecified atom stereocenters. The lowest BCUT2D eigenvalue weighted by atomic mass is 10.2. The zero-order valence-corrected chi connectivity index (χ0v) is 13.4. The molecule has 110 valence electrons. The molecule has 0 amide bonds. The second kappa shape index (κ2) is 5.73. The van der Waals surface area contributed by atoms with Crippen LogP contribution in [0.2, 0.25) is 0 Å². The molecule has 6 heteroatoms. The topological polar surface area (TPSA) is 30.7 Å². The summed E-state index contributed by atoms with van der Waals surface area (Å²) in [6.45, 7) is 4.49. The lowest BCUT2D eigenvalue weighted by Gasteiger charge is -2.06. The van der Waals surface area contributed by atoms with E-state index in [1.54, 1.807) is 18.3 Å². The molecule has 0 aliphatic heterocycles. The molecule has 0 aliphatic carbocycles. The van der Waals surface area contributed by atoms with Crippen LogP contribution in [0.25, 0.3) is 11.0 Å². The molecule has 21 heavy (non-hydrogen) atoms. The molecule has 3 rings (SSSR count). The average molecular weight is 324 g/mol. The summed E-state index contributed by atoms with van der Waals surface area (Å²) in [4.78, 5) is 10.1. The van der Waals surface area contributed by atoms with Gasteiger partial charge in [-0.1, -0.05) is 6.92 Å². The van der Waals surface area contributed by atoms with Gasteiger partial charge >= 0.3 is 0 Å². The number of thiazole rings is 1. The van der Waals surface area contributed by atoms with Crippen LogP contribution in [0.1, 0.15) is 28.2 Å². The van der Waals surface area contributed by atoms with Crippen molar-refractivity contribution in [2.24, 2.45) is 0 Å². The Hall–Kier alpha value is -1.46. The van der Waals surface area contributed by atoms with Gasteiger partial charge in [0.15, 0.2) is 0 Å². The first-order valence-corrected chi connectivity index (χ1v) is 8.12. The van der Waals surface area contributed by atoms with Crippen LogP contribution in [0.3, 0.4) is 0 Å². The molecular weight excluding hydrogens is 309 g/mol. The zero-order valence-electron chi connectivity index (χ0n) is 11.9. The first-order chi connectivity index (χ1) is 10.1. The Morgan fingerprint density at radius 1 is 1.38 bits per heavy atom. The second-order valence-electron chi connectivity index (χ2n) is 4.91. The van der Waals surface area contributed by atoms with Crippen LogP contribution in [0.5, 0.6) is 0 Å². The Labute approximate surface area is 131 Å². The lowest BCUT2D eigenvalue weighted by Crippen LogP contribution is -2.03. The van der Waals surface area contributed by atoms with E-state index in [-0.39, 0.29) is 5.82 Å². The minimum absolute atomic E-state index is 0.240. The van der Waals surface area contributed by atoms with Crippen molar-refractivity contribution >= 4 is 34.0 Å². The van der Waals surface area contributed by atoms with Crippen LogP contribution in [0.4, 0.5) is 4.39 Å². The monoisotopic (exact) mass is 323 g/mol. The first-order valence-electron chi connectivity index (χ1n) is 6.77. The number of fused-ring (bicyclic) bond motifs is 1.